The summed E-state index contributed by atoms with van der Waals surface area (Å²) in [6.45, 7) is -2.62. The van der Waals surface area contributed by atoms with Crippen molar-refractivity contribution in [2.75, 3.05) is 13.2 Å². The lowest BCUT2D eigenvalue weighted by atomic mass is 10.1. The summed E-state index contributed by atoms with van der Waals surface area (Å²) in [6, 6.07) is 5.84. The largest absolute Gasteiger partial charge is 0.434 e. The maximum absolute atomic E-state index is 12.2. The number of hydrogen-bond donors (Lipinski definition) is 2. The lowest BCUT2D eigenvalue weighted by Gasteiger charge is -2.14. The maximum Gasteiger partial charge on any atom is 0.387 e. The minimum absolute atomic E-state index is 0.0163. The highest BCUT2D eigenvalue weighted by atomic mass is 19.3. The molecular formula is C13H15F2NO3. The van der Waals surface area contributed by atoms with E-state index in [0.29, 0.717) is 6.54 Å². The van der Waals surface area contributed by atoms with E-state index in [9.17, 15) is 13.6 Å². The molecule has 4 nitrogen and oxygen atoms in total. The second kappa shape index (κ2) is 5.52. The number of amides is 1. The molecule has 1 aromatic carbocycles. The molecule has 2 N–H and O–H groups in total. The van der Waals surface area contributed by atoms with Crippen molar-refractivity contribution in [3.05, 3.63) is 29.8 Å². The number of para-hydroxylation sites is 1. The Kier molecular flexibility index (Phi) is 3.99. The van der Waals surface area contributed by atoms with Crippen molar-refractivity contribution in [1.29, 1.82) is 0 Å². The van der Waals surface area contributed by atoms with Gasteiger partial charge in [0, 0.05) is 12.0 Å². The predicted octanol–water partition coefficient (Wildman–Crippen LogP) is 1.79. The first-order valence-corrected chi connectivity index (χ1v) is 5.99. The number of benzene rings is 1. The number of ether oxygens (including phenoxy) is 1. The standard InChI is InChI=1S/C13H15F2NO3/c14-12(15)19-10-4-2-1-3-9(10)11(18)16-7-13(8-17)5-6-13/h1-4,12,17H,5-8H2,(H,16,18). The number of halogens is 2. The normalized spacial score (nSPS) is 16.2. The van der Waals surface area contributed by atoms with Gasteiger partial charge >= 0.3 is 6.61 Å². The molecule has 104 valence electrons. The fourth-order valence-corrected chi connectivity index (χ4v) is 1.78. The third-order valence-corrected chi connectivity index (χ3v) is 3.26. The Balaban J connectivity index is 2.02. The Hall–Kier alpha value is -1.69. The SMILES string of the molecule is O=C(NCC1(CO)CC1)c1ccccc1OC(F)F. The summed E-state index contributed by atoms with van der Waals surface area (Å²) < 4.78 is 28.7. The molecular weight excluding hydrogens is 256 g/mol. The molecule has 6 heteroatoms. The molecule has 1 amide bonds. The van der Waals surface area contributed by atoms with E-state index < -0.39 is 12.5 Å². The van der Waals surface area contributed by atoms with Gasteiger partial charge in [-0.2, -0.15) is 8.78 Å². The number of carbonyl (C=O) groups is 1. The van der Waals surface area contributed by atoms with Gasteiger partial charge in [0.1, 0.15) is 5.75 Å². The van der Waals surface area contributed by atoms with Gasteiger partial charge < -0.3 is 15.2 Å². The molecule has 0 spiro atoms. The number of nitrogens with one attached hydrogen (secondary N) is 1. The molecule has 1 saturated carbocycles. The van der Waals surface area contributed by atoms with E-state index in [2.05, 4.69) is 10.1 Å². The Morgan fingerprint density at radius 2 is 2.11 bits per heavy atom. The zero-order valence-electron chi connectivity index (χ0n) is 10.2. The molecule has 0 saturated heterocycles. The fourth-order valence-electron chi connectivity index (χ4n) is 1.78. The van der Waals surface area contributed by atoms with Crippen LogP contribution in [0.1, 0.15) is 23.2 Å². The first kappa shape index (κ1) is 13.7. The summed E-state index contributed by atoms with van der Waals surface area (Å²) in [5, 5.41) is 11.8. The average Bonchev–Trinajstić information content (AvgIpc) is 3.17. The van der Waals surface area contributed by atoms with Crippen molar-refractivity contribution in [3.63, 3.8) is 0 Å². The highest BCUT2D eigenvalue weighted by Gasteiger charge is 2.42. The van der Waals surface area contributed by atoms with Crippen LogP contribution in [0.15, 0.2) is 24.3 Å². The summed E-state index contributed by atoms with van der Waals surface area (Å²) >= 11 is 0. The number of aliphatic hydroxyl groups excluding tert-OH is 1. The molecule has 2 rings (SSSR count). The summed E-state index contributed by atoms with van der Waals surface area (Å²) in [4.78, 5) is 11.9. The summed E-state index contributed by atoms with van der Waals surface area (Å²) in [5.41, 5.74) is -0.162. The van der Waals surface area contributed by atoms with Crippen molar-refractivity contribution in [3.8, 4) is 5.75 Å². The van der Waals surface area contributed by atoms with Gasteiger partial charge in [0.15, 0.2) is 0 Å². The first-order valence-electron chi connectivity index (χ1n) is 5.99. The maximum atomic E-state index is 12.2. The predicted molar refractivity (Wildman–Crippen MR) is 64.2 cm³/mol. The van der Waals surface area contributed by atoms with Crippen LogP contribution in [0.3, 0.4) is 0 Å². The molecule has 0 aliphatic heterocycles. The molecule has 0 bridgehead atoms. The molecule has 1 aromatic rings. The van der Waals surface area contributed by atoms with Gasteiger partial charge in [-0.25, -0.2) is 0 Å². The first-order chi connectivity index (χ1) is 9.06. The summed E-state index contributed by atoms with van der Waals surface area (Å²) in [5.74, 6) is -0.625. The quantitative estimate of drug-likeness (QED) is 0.829. The Morgan fingerprint density at radius 3 is 2.68 bits per heavy atom. The van der Waals surface area contributed by atoms with E-state index in [0.717, 1.165) is 12.8 Å². The van der Waals surface area contributed by atoms with E-state index in [1.165, 1.54) is 18.2 Å². The van der Waals surface area contributed by atoms with Crippen LogP contribution in [0.4, 0.5) is 8.78 Å². The minimum atomic E-state index is -2.97. The Morgan fingerprint density at radius 1 is 1.42 bits per heavy atom. The van der Waals surface area contributed by atoms with Crippen molar-refractivity contribution in [2.24, 2.45) is 5.41 Å². The van der Waals surface area contributed by atoms with E-state index in [1.807, 2.05) is 0 Å². The Labute approximate surface area is 109 Å². The minimum Gasteiger partial charge on any atom is -0.434 e. The molecule has 0 unspecified atom stereocenters. The molecule has 1 fully saturated rings. The van der Waals surface area contributed by atoms with E-state index in [-0.39, 0.29) is 23.3 Å². The molecule has 0 heterocycles. The second-order valence-electron chi connectivity index (χ2n) is 4.72. The van der Waals surface area contributed by atoms with Gasteiger partial charge in [0.25, 0.3) is 5.91 Å². The van der Waals surface area contributed by atoms with Crippen LogP contribution in [0.2, 0.25) is 0 Å². The van der Waals surface area contributed by atoms with E-state index in [4.69, 9.17) is 5.11 Å². The fraction of sp³-hybridized carbons (Fsp3) is 0.462. The number of alkyl halides is 2. The van der Waals surface area contributed by atoms with Crippen LogP contribution < -0.4 is 10.1 Å². The van der Waals surface area contributed by atoms with Gasteiger partial charge in [0.05, 0.1) is 12.2 Å². The molecule has 0 radical (unpaired) electrons. The zero-order chi connectivity index (χ0) is 13.9. The molecule has 0 aromatic heterocycles. The van der Waals surface area contributed by atoms with Crippen molar-refractivity contribution in [1.82, 2.24) is 5.32 Å². The van der Waals surface area contributed by atoms with Crippen LogP contribution in [-0.4, -0.2) is 30.8 Å². The summed E-state index contributed by atoms with van der Waals surface area (Å²) in [7, 11) is 0. The van der Waals surface area contributed by atoms with Crippen molar-refractivity contribution < 1.29 is 23.4 Å². The second-order valence-corrected chi connectivity index (χ2v) is 4.72. The summed E-state index contributed by atoms with van der Waals surface area (Å²) in [6.07, 6.45) is 1.72. The van der Waals surface area contributed by atoms with E-state index >= 15 is 0 Å². The third-order valence-electron chi connectivity index (χ3n) is 3.26. The van der Waals surface area contributed by atoms with Crippen LogP contribution in [0.5, 0.6) is 5.75 Å². The van der Waals surface area contributed by atoms with Crippen LogP contribution >= 0.6 is 0 Å². The number of aliphatic hydroxyl groups is 1. The topological polar surface area (TPSA) is 58.6 Å². The molecule has 0 atom stereocenters. The molecule has 19 heavy (non-hydrogen) atoms. The lowest BCUT2D eigenvalue weighted by molar-refractivity contribution is -0.0501. The number of hydrogen-bond acceptors (Lipinski definition) is 3. The molecule has 1 aliphatic rings. The van der Waals surface area contributed by atoms with Crippen molar-refractivity contribution in [2.45, 2.75) is 19.5 Å². The van der Waals surface area contributed by atoms with E-state index in [1.54, 1.807) is 6.07 Å². The third kappa shape index (κ3) is 3.41. The van der Waals surface area contributed by atoms with Crippen LogP contribution in [-0.2, 0) is 0 Å². The van der Waals surface area contributed by atoms with Crippen LogP contribution in [0, 0.1) is 5.41 Å². The monoisotopic (exact) mass is 271 g/mol. The van der Waals surface area contributed by atoms with Gasteiger partial charge in [-0.05, 0) is 25.0 Å². The van der Waals surface area contributed by atoms with Gasteiger partial charge in [-0.1, -0.05) is 12.1 Å². The number of carbonyl (C=O) groups excluding carboxylic acids is 1. The lowest BCUT2D eigenvalue weighted by Crippen LogP contribution is -2.32. The van der Waals surface area contributed by atoms with Crippen LogP contribution in [0.25, 0.3) is 0 Å². The highest BCUT2D eigenvalue weighted by molar-refractivity contribution is 5.96. The molecule has 1 aliphatic carbocycles. The smallest absolute Gasteiger partial charge is 0.387 e. The van der Waals surface area contributed by atoms with Gasteiger partial charge in [0.2, 0.25) is 0 Å². The Bertz CT molecular complexity index is 461. The average molecular weight is 271 g/mol. The highest BCUT2D eigenvalue weighted by Crippen LogP contribution is 2.44. The van der Waals surface area contributed by atoms with Gasteiger partial charge in [-0.15, -0.1) is 0 Å². The van der Waals surface area contributed by atoms with Crippen molar-refractivity contribution >= 4 is 5.91 Å². The van der Waals surface area contributed by atoms with Gasteiger partial charge in [-0.3, -0.25) is 4.79 Å². The zero-order valence-corrected chi connectivity index (χ0v) is 10.2. The number of rotatable bonds is 6.